The summed E-state index contributed by atoms with van der Waals surface area (Å²) in [7, 11) is 1.60. The minimum Gasteiger partial charge on any atom is -0.383 e. The standard InChI is InChI=1S/C12H17FN2O2/c1-8(7-17-2)15-6-10-5-9(12(14)16)3-4-11(10)13/h3-5,8,15H,6-7H2,1-2H3,(H2,14,16). The quantitative estimate of drug-likeness (QED) is 0.781. The fourth-order valence-electron chi connectivity index (χ4n) is 1.46. The highest BCUT2D eigenvalue weighted by atomic mass is 19.1. The molecule has 0 saturated carbocycles. The normalized spacial score (nSPS) is 12.4. The van der Waals surface area contributed by atoms with Crippen molar-refractivity contribution in [1.82, 2.24) is 5.32 Å². The first kappa shape index (κ1) is 13.6. The van der Waals surface area contributed by atoms with Crippen LogP contribution < -0.4 is 11.1 Å². The Bertz CT molecular complexity index is 396. The average molecular weight is 240 g/mol. The molecule has 0 aliphatic carbocycles. The second-order valence-corrected chi connectivity index (χ2v) is 3.91. The van der Waals surface area contributed by atoms with Crippen molar-refractivity contribution >= 4 is 5.91 Å². The van der Waals surface area contributed by atoms with Crippen molar-refractivity contribution in [2.45, 2.75) is 19.5 Å². The molecule has 1 atom stereocenters. The first-order chi connectivity index (χ1) is 8.04. The topological polar surface area (TPSA) is 64.3 Å². The van der Waals surface area contributed by atoms with Gasteiger partial charge < -0.3 is 15.8 Å². The molecular formula is C12H17FN2O2. The zero-order chi connectivity index (χ0) is 12.8. The van der Waals surface area contributed by atoms with Crippen LogP contribution in [0.2, 0.25) is 0 Å². The van der Waals surface area contributed by atoms with Gasteiger partial charge in [-0.1, -0.05) is 0 Å². The maximum Gasteiger partial charge on any atom is 0.248 e. The third-order valence-corrected chi connectivity index (χ3v) is 2.39. The van der Waals surface area contributed by atoms with Crippen molar-refractivity contribution in [3.05, 3.63) is 35.1 Å². The molecule has 17 heavy (non-hydrogen) atoms. The number of primary amides is 1. The van der Waals surface area contributed by atoms with E-state index in [0.29, 0.717) is 24.3 Å². The van der Waals surface area contributed by atoms with Crippen LogP contribution in [0.5, 0.6) is 0 Å². The first-order valence-corrected chi connectivity index (χ1v) is 5.35. The van der Waals surface area contributed by atoms with Gasteiger partial charge >= 0.3 is 0 Å². The van der Waals surface area contributed by atoms with Crippen LogP contribution in [-0.4, -0.2) is 25.7 Å². The van der Waals surface area contributed by atoms with Gasteiger partial charge in [-0.2, -0.15) is 0 Å². The van der Waals surface area contributed by atoms with E-state index in [4.69, 9.17) is 10.5 Å². The molecule has 0 radical (unpaired) electrons. The lowest BCUT2D eigenvalue weighted by Crippen LogP contribution is -2.30. The Hall–Kier alpha value is -1.46. The number of carbonyl (C=O) groups excluding carboxylic acids is 1. The molecule has 4 nitrogen and oxygen atoms in total. The summed E-state index contributed by atoms with van der Waals surface area (Å²) in [5.41, 5.74) is 5.86. The number of amides is 1. The molecule has 5 heteroatoms. The Balaban J connectivity index is 2.69. The number of benzene rings is 1. The van der Waals surface area contributed by atoms with Gasteiger partial charge in [0.25, 0.3) is 0 Å². The van der Waals surface area contributed by atoms with Crippen molar-refractivity contribution in [2.24, 2.45) is 5.73 Å². The highest BCUT2D eigenvalue weighted by Gasteiger charge is 2.08. The van der Waals surface area contributed by atoms with Crippen molar-refractivity contribution in [3.8, 4) is 0 Å². The number of nitrogens with two attached hydrogens (primary N) is 1. The number of rotatable bonds is 6. The average Bonchev–Trinajstić information content (AvgIpc) is 2.28. The highest BCUT2D eigenvalue weighted by molar-refractivity contribution is 5.92. The molecule has 0 aromatic heterocycles. The predicted octanol–water partition coefficient (Wildman–Crippen LogP) is 1.05. The zero-order valence-corrected chi connectivity index (χ0v) is 10.00. The zero-order valence-electron chi connectivity index (χ0n) is 10.00. The van der Waals surface area contributed by atoms with E-state index < -0.39 is 5.91 Å². The Kier molecular flexibility index (Phi) is 5.06. The molecule has 1 aromatic rings. The van der Waals surface area contributed by atoms with E-state index in [1.54, 1.807) is 7.11 Å². The lowest BCUT2D eigenvalue weighted by Gasteiger charge is -2.13. The molecule has 94 valence electrons. The summed E-state index contributed by atoms with van der Waals surface area (Å²) >= 11 is 0. The van der Waals surface area contributed by atoms with Gasteiger partial charge in [-0.25, -0.2) is 4.39 Å². The molecule has 0 bridgehead atoms. The number of hydrogen-bond acceptors (Lipinski definition) is 3. The molecule has 0 spiro atoms. The summed E-state index contributed by atoms with van der Waals surface area (Å²) in [6, 6.07) is 4.19. The molecule has 1 rings (SSSR count). The van der Waals surface area contributed by atoms with Crippen LogP contribution in [-0.2, 0) is 11.3 Å². The van der Waals surface area contributed by atoms with Crippen LogP contribution in [0.25, 0.3) is 0 Å². The van der Waals surface area contributed by atoms with Crippen molar-refractivity contribution in [2.75, 3.05) is 13.7 Å². The van der Waals surface area contributed by atoms with Crippen molar-refractivity contribution < 1.29 is 13.9 Å². The Labute approximate surface area is 100.0 Å². The molecule has 1 unspecified atom stereocenters. The van der Waals surface area contributed by atoms with E-state index in [9.17, 15) is 9.18 Å². The van der Waals surface area contributed by atoms with E-state index >= 15 is 0 Å². The maximum absolute atomic E-state index is 13.4. The number of ether oxygens (including phenoxy) is 1. The van der Waals surface area contributed by atoms with E-state index in [1.165, 1.54) is 18.2 Å². The maximum atomic E-state index is 13.4. The smallest absolute Gasteiger partial charge is 0.248 e. The Morgan fingerprint density at radius 3 is 2.88 bits per heavy atom. The highest BCUT2D eigenvalue weighted by Crippen LogP contribution is 2.10. The summed E-state index contributed by atoms with van der Waals surface area (Å²) in [5, 5.41) is 3.09. The van der Waals surface area contributed by atoms with Gasteiger partial charge in [-0.15, -0.1) is 0 Å². The Morgan fingerprint density at radius 1 is 1.59 bits per heavy atom. The Morgan fingerprint density at radius 2 is 2.29 bits per heavy atom. The van der Waals surface area contributed by atoms with Gasteiger partial charge in [0, 0.05) is 30.8 Å². The van der Waals surface area contributed by atoms with Crippen LogP contribution in [0.4, 0.5) is 4.39 Å². The number of hydrogen-bond donors (Lipinski definition) is 2. The molecule has 1 aromatic carbocycles. The summed E-state index contributed by atoms with van der Waals surface area (Å²) in [4.78, 5) is 11.0. The summed E-state index contributed by atoms with van der Waals surface area (Å²) in [6.45, 7) is 2.80. The van der Waals surface area contributed by atoms with Crippen LogP contribution in [0.3, 0.4) is 0 Å². The lowest BCUT2D eigenvalue weighted by atomic mass is 10.1. The van der Waals surface area contributed by atoms with Crippen molar-refractivity contribution in [1.29, 1.82) is 0 Å². The SMILES string of the molecule is COCC(C)NCc1cc(C(N)=O)ccc1F. The van der Waals surface area contributed by atoms with Gasteiger partial charge in [-0.3, -0.25) is 4.79 Å². The number of carbonyl (C=O) groups is 1. The second kappa shape index (κ2) is 6.32. The summed E-state index contributed by atoms with van der Waals surface area (Å²) in [6.07, 6.45) is 0. The number of methoxy groups -OCH3 is 1. The molecule has 3 N–H and O–H groups in total. The second-order valence-electron chi connectivity index (χ2n) is 3.91. The van der Waals surface area contributed by atoms with Gasteiger partial charge in [0.05, 0.1) is 6.61 Å². The third-order valence-electron chi connectivity index (χ3n) is 2.39. The first-order valence-electron chi connectivity index (χ1n) is 5.35. The molecular weight excluding hydrogens is 223 g/mol. The molecule has 0 aliphatic heterocycles. The fourth-order valence-corrected chi connectivity index (χ4v) is 1.46. The van der Waals surface area contributed by atoms with Gasteiger partial charge in [0.1, 0.15) is 5.82 Å². The molecule has 0 fully saturated rings. The third kappa shape index (κ3) is 4.13. The molecule has 0 heterocycles. The minimum atomic E-state index is -0.559. The number of halogens is 1. The fraction of sp³-hybridized carbons (Fsp3) is 0.417. The van der Waals surface area contributed by atoms with E-state index in [2.05, 4.69) is 5.32 Å². The molecule has 1 amide bonds. The van der Waals surface area contributed by atoms with Crippen molar-refractivity contribution in [3.63, 3.8) is 0 Å². The van der Waals surface area contributed by atoms with Gasteiger partial charge in [0.15, 0.2) is 0 Å². The van der Waals surface area contributed by atoms with E-state index in [1.807, 2.05) is 6.92 Å². The minimum absolute atomic E-state index is 0.108. The predicted molar refractivity (Wildman–Crippen MR) is 63.1 cm³/mol. The van der Waals surface area contributed by atoms with Gasteiger partial charge in [-0.05, 0) is 25.1 Å². The van der Waals surface area contributed by atoms with Crippen LogP contribution in [0.15, 0.2) is 18.2 Å². The summed E-state index contributed by atoms with van der Waals surface area (Å²) in [5.74, 6) is -0.914. The monoisotopic (exact) mass is 240 g/mol. The van der Waals surface area contributed by atoms with Crippen LogP contribution >= 0.6 is 0 Å². The van der Waals surface area contributed by atoms with E-state index in [-0.39, 0.29) is 11.9 Å². The number of nitrogens with one attached hydrogen (secondary N) is 1. The largest absolute Gasteiger partial charge is 0.383 e. The van der Waals surface area contributed by atoms with Gasteiger partial charge in [0.2, 0.25) is 5.91 Å². The van der Waals surface area contributed by atoms with Crippen LogP contribution in [0, 0.1) is 5.82 Å². The van der Waals surface area contributed by atoms with E-state index in [0.717, 1.165) is 0 Å². The molecule has 0 saturated heterocycles. The summed E-state index contributed by atoms with van der Waals surface area (Å²) < 4.78 is 18.4. The molecule has 0 aliphatic rings. The lowest BCUT2D eigenvalue weighted by molar-refractivity contribution is 0.1000. The van der Waals surface area contributed by atoms with Crippen LogP contribution in [0.1, 0.15) is 22.8 Å².